The summed E-state index contributed by atoms with van der Waals surface area (Å²) in [7, 11) is 3.33. The van der Waals surface area contributed by atoms with E-state index in [-0.39, 0.29) is 43.2 Å². The number of hydrogen-bond acceptors (Lipinski definition) is 15. The van der Waals surface area contributed by atoms with Gasteiger partial charge < -0.3 is 62.5 Å². The molecular formula is C71H73BrN16O5Zn. The molecule has 3 aromatic heterocycles. The van der Waals surface area contributed by atoms with Crippen LogP contribution in [0.5, 0.6) is 11.5 Å². The molecule has 9 saturated heterocycles. The quantitative estimate of drug-likeness (QED) is 0.105. The summed E-state index contributed by atoms with van der Waals surface area (Å²) in [6.45, 7) is 22.9. The van der Waals surface area contributed by atoms with Crippen LogP contribution in [-0.2, 0) is 51.8 Å². The number of fused-ring (bicyclic) bond motifs is 9. The standard InChI is InChI=1S/C26H27N5O2.C25H27BrN4O2.C18H19N5O.2CN.Zn/c1-33-20-5-2-17(3-6-20)15-31-25-19(14-27)4-7-21-24(25)22(28-31)10-13-30(26(21)32)23-16-29-11-8-18(23)9-12-29;1-32-18-4-2-16(3-5-18)14-30-24-20(26)7-6-19-23(24)21(27-30)10-13-29(25(19)31)22-15-28-11-8-17(22)9-12-28;19-9-12-1-2-13-16-14(20-21-17(12)16)5-8-23(18(13)24)15-10-22-6-3-11(15)4-7-22;2*1-2;/h2-7,18,23H,8-13,15-16H2,1H3;2-7,17,22H,8-15H2,1H3;1-2,11,15H,3-8,10H2,(H,20,21);;;/q;;;2*-1;+2/t23-;22-;15-;;;/m111.../s1. The summed E-state index contributed by atoms with van der Waals surface area (Å²) in [6.07, 6.45) is 9.45. The molecule has 3 atom stereocenters. The van der Waals surface area contributed by atoms with Crippen molar-refractivity contribution in [1.82, 2.24) is 59.2 Å². The molecule has 23 heteroatoms. The number of nitriles is 2. The average molecular weight is 1380 g/mol. The van der Waals surface area contributed by atoms with Crippen LogP contribution in [-0.4, -0.2) is 188 Å². The second-order valence-corrected chi connectivity index (χ2v) is 26.6. The van der Waals surface area contributed by atoms with E-state index >= 15 is 0 Å². The molecule has 21 nitrogen and oxygen atoms in total. The number of aromatic amines is 1. The minimum atomic E-state index is 0. The van der Waals surface area contributed by atoms with Crippen molar-refractivity contribution in [2.45, 2.75) is 89.0 Å². The smallest absolute Gasteiger partial charge is 0.512 e. The zero-order valence-electron chi connectivity index (χ0n) is 53.1. The van der Waals surface area contributed by atoms with Gasteiger partial charge in [0.15, 0.2) is 0 Å². The van der Waals surface area contributed by atoms with E-state index in [1.165, 1.54) is 64.7 Å². The summed E-state index contributed by atoms with van der Waals surface area (Å²) in [4.78, 5) is 54.7. The molecule has 12 aliphatic rings. The maximum atomic E-state index is 13.8. The Hall–Kier alpha value is -8.54. The summed E-state index contributed by atoms with van der Waals surface area (Å²) >= 11 is 3.74. The SMILES string of the molecule is COc1ccc(Cn2nc3c4c(ccc(Br)c42)C(=O)N([C@@H]2CN4CCC2CC4)CC3)cc1.COc1ccc(Cn2nc3c4c(ccc(C#N)c42)C(=O)N([C@@H]2CN4CCC2CC4)CC3)cc1.N#Cc1ccc2c3c([nH]nc13)CCN([C@@H]1CN3CCC1CC3)C2=O.[C-]#N.[C-]#N.[Zn+2]. The van der Waals surface area contributed by atoms with Gasteiger partial charge in [-0.3, -0.25) is 28.8 Å². The Bertz CT molecular complexity index is 4270. The molecule has 0 saturated carbocycles. The van der Waals surface area contributed by atoms with Crippen LogP contribution in [0.1, 0.15) is 109 Å². The third-order valence-corrected chi connectivity index (χ3v) is 21.9. The first kappa shape index (κ1) is 65.5. The van der Waals surface area contributed by atoms with Gasteiger partial charge in [0, 0.05) is 103 Å². The number of nitrogens with zero attached hydrogens (tertiary/aromatic N) is 15. The van der Waals surface area contributed by atoms with E-state index in [4.69, 9.17) is 43.3 Å². The topological polar surface area (TPSA) is 249 Å². The van der Waals surface area contributed by atoms with Gasteiger partial charge in [0.2, 0.25) is 0 Å². The molecular weight excluding hydrogens is 1300 g/mol. The van der Waals surface area contributed by atoms with Gasteiger partial charge >= 0.3 is 19.5 Å². The molecule has 0 spiro atoms. The first-order valence-electron chi connectivity index (χ1n) is 32.4. The number of methoxy groups -OCH3 is 2. The van der Waals surface area contributed by atoms with Gasteiger partial charge in [0.25, 0.3) is 17.7 Å². The number of rotatable bonds is 9. The molecule has 3 amide bonds. The van der Waals surface area contributed by atoms with E-state index in [2.05, 4.69) is 79.8 Å². The molecule has 0 aliphatic carbocycles. The average Bonchev–Trinajstić information content (AvgIpc) is 1.59. The second kappa shape index (κ2) is 28.2. The van der Waals surface area contributed by atoms with Crippen molar-refractivity contribution in [2.75, 3.05) is 92.8 Å². The number of amides is 3. The van der Waals surface area contributed by atoms with E-state index in [0.717, 1.165) is 136 Å². The predicted molar refractivity (Wildman–Crippen MR) is 350 cm³/mol. The third kappa shape index (κ3) is 12.1. The Morgan fingerprint density at radius 3 is 1.30 bits per heavy atom. The number of benzene rings is 5. The van der Waals surface area contributed by atoms with Crippen molar-refractivity contribution in [3.05, 3.63) is 159 Å². The van der Waals surface area contributed by atoms with Crippen LogP contribution in [0, 0.1) is 64.1 Å². The predicted octanol–water partition coefficient (Wildman–Crippen LogP) is 8.72. The van der Waals surface area contributed by atoms with Crippen LogP contribution in [0.4, 0.5) is 0 Å². The van der Waals surface area contributed by atoms with Crippen molar-refractivity contribution in [1.29, 1.82) is 21.0 Å². The van der Waals surface area contributed by atoms with Crippen LogP contribution >= 0.6 is 15.9 Å². The van der Waals surface area contributed by atoms with Crippen LogP contribution in [0.15, 0.2) is 89.4 Å². The van der Waals surface area contributed by atoms with E-state index in [1.807, 2.05) is 70.0 Å². The van der Waals surface area contributed by atoms with Crippen LogP contribution in [0.2, 0.25) is 0 Å². The Kier molecular flexibility index (Phi) is 19.7. The Morgan fingerprint density at radius 2 is 0.894 bits per heavy atom. The molecule has 6 bridgehead atoms. The largest absolute Gasteiger partial charge is 2.00 e. The van der Waals surface area contributed by atoms with Crippen LogP contribution in [0.25, 0.3) is 32.7 Å². The third-order valence-electron chi connectivity index (χ3n) is 21.2. The van der Waals surface area contributed by atoms with Gasteiger partial charge in [-0.05, 0) is 183 Å². The number of ether oxygens (including phenoxy) is 2. The van der Waals surface area contributed by atoms with Crippen molar-refractivity contribution in [3.63, 3.8) is 0 Å². The van der Waals surface area contributed by atoms with E-state index in [0.29, 0.717) is 83.7 Å². The summed E-state index contributed by atoms with van der Waals surface area (Å²) in [5.74, 6) is 3.86. The molecule has 5 aromatic carbocycles. The van der Waals surface area contributed by atoms with Gasteiger partial charge in [0.1, 0.15) is 29.2 Å². The zero-order chi connectivity index (χ0) is 64.6. The molecule has 0 radical (unpaired) electrons. The van der Waals surface area contributed by atoms with Gasteiger partial charge in [-0.15, -0.1) is 0 Å². The number of aromatic nitrogens is 6. The summed E-state index contributed by atoms with van der Waals surface area (Å²) < 4.78 is 15.5. The molecule has 0 unspecified atom stereocenters. The first-order chi connectivity index (χ1) is 45.5. The fourth-order valence-corrected chi connectivity index (χ4v) is 17.0. The summed E-state index contributed by atoms with van der Waals surface area (Å²) in [6, 6.07) is 32.5. The van der Waals surface area contributed by atoms with E-state index in [1.54, 1.807) is 26.4 Å². The summed E-state index contributed by atoms with van der Waals surface area (Å²) in [5, 5.41) is 51.6. The molecule has 476 valence electrons. The monoisotopic (exact) mass is 1370 g/mol. The molecule has 1 N–H and O–H groups in total. The van der Waals surface area contributed by atoms with Gasteiger partial charge in [0.05, 0.1) is 77.5 Å². The number of nitrogens with one attached hydrogen (secondary N) is 1. The molecule has 9 fully saturated rings. The van der Waals surface area contributed by atoms with Crippen molar-refractivity contribution < 1.29 is 43.3 Å². The Morgan fingerprint density at radius 1 is 0.511 bits per heavy atom. The molecule has 8 aromatic rings. The minimum Gasteiger partial charge on any atom is -0.512 e. The zero-order valence-corrected chi connectivity index (χ0v) is 57.7. The van der Waals surface area contributed by atoms with E-state index < -0.39 is 0 Å². The Balaban J connectivity index is 0.000000133. The van der Waals surface area contributed by atoms with E-state index in [9.17, 15) is 24.9 Å². The minimum absolute atomic E-state index is 0. The number of carbonyl (C=O) groups is 3. The number of carbonyl (C=O) groups excluding carboxylic acids is 3. The van der Waals surface area contributed by atoms with Crippen molar-refractivity contribution in [3.8, 4) is 23.6 Å². The molecule has 12 aliphatic heterocycles. The second-order valence-electron chi connectivity index (χ2n) is 25.8. The normalized spacial score (nSPS) is 24.3. The maximum Gasteiger partial charge on any atom is 2.00 e. The first-order valence-corrected chi connectivity index (χ1v) is 33.1. The number of halogens is 1. The van der Waals surface area contributed by atoms with Gasteiger partial charge in [-0.25, -0.2) is 0 Å². The number of hydrogen-bond donors (Lipinski definition) is 1. The molecule has 15 heterocycles. The number of H-pyrrole nitrogens is 1. The number of piperidine rings is 9. The van der Waals surface area contributed by atoms with Crippen molar-refractivity contribution in [2.24, 2.45) is 17.8 Å². The maximum absolute atomic E-state index is 13.8. The van der Waals surface area contributed by atoms with Crippen LogP contribution in [0.3, 0.4) is 0 Å². The van der Waals surface area contributed by atoms with Gasteiger partial charge in [-0.1, -0.05) is 24.3 Å². The molecule has 20 rings (SSSR count). The molecule has 94 heavy (non-hydrogen) atoms. The van der Waals surface area contributed by atoms with Crippen molar-refractivity contribution >= 4 is 66.4 Å². The summed E-state index contributed by atoms with van der Waals surface area (Å²) in [5.41, 5.74) is 10.8. The fraction of sp³-hybridized carbons (Fsp3) is 0.437. The Labute approximate surface area is 568 Å². The van der Waals surface area contributed by atoms with Gasteiger partial charge in [-0.2, -0.15) is 25.8 Å². The van der Waals surface area contributed by atoms with Crippen LogP contribution < -0.4 is 9.47 Å². The fourth-order valence-electron chi connectivity index (χ4n) is 16.5.